The molecule has 0 saturated heterocycles. The number of hydrogen-bond donors (Lipinski definition) is 1. The van der Waals surface area contributed by atoms with E-state index in [0.29, 0.717) is 11.1 Å². The molecule has 0 aliphatic carbocycles. The third-order valence-electron chi connectivity index (χ3n) is 2.72. The van der Waals surface area contributed by atoms with Gasteiger partial charge in [-0.1, -0.05) is 5.16 Å². The lowest BCUT2D eigenvalue weighted by Crippen LogP contribution is -1.87. The van der Waals surface area contributed by atoms with E-state index in [4.69, 9.17) is 4.52 Å². The van der Waals surface area contributed by atoms with Crippen molar-refractivity contribution >= 4 is 0 Å². The van der Waals surface area contributed by atoms with E-state index in [-0.39, 0.29) is 17.5 Å². The summed E-state index contributed by atoms with van der Waals surface area (Å²) >= 11 is 0. The van der Waals surface area contributed by atoms with E-state index in [1.54, 1.807) is 12.1 Å². The Bertz CT molecular complexity index is 754. The molecule has 0 atom stereocenters. The third-order valence-corrected chi connectivity index (χ3v) is 2.72. The van der Waals surface area contributed by atoms with Crippen molar-refractivity contribution in [2.45, 2.75) is 0 Å². The van der Waals surface area contributed by atoms with Crippen LogP contribution >= 0.6 is 0 Å². The molecule has 0 saturated carbocycles. The number of phenols is 1. The van der Waals surface area contributed by atoms with Crippen molar-refractivity contribution in [3.8, 4) is 28.6 Å². The number of halogens is 2. The first-order chi connectivity index (χ1) is 9.63. The molecular weight excluding hydrogens is 266 g/mol. The van der Waals surface area contributed by atoms with Gasteiger partial charge in [-0.15, -0.1) is 0 Å². The number of rotatable bonds is 2. The fraction of sp³-hybridized carbons (Fsp3) is 0. The second kappa shape index (κ2) is 4.73. The predicted molar refractivity (Wildman–Crippen MR) is 66.8 cm³/mol. The van der Waals surface area contributed by atoms with Gasteiger partial charge in [0.25, 0.3) is 5.89 Å². The van der Waals surface area contributed by atoms with E-state index < -0.39 is 11.6 Å². The zero-order chi connectivity index (χ0) is 14.1. The molecule has 0 aliphatic heterocycles. The molecule has 2 aromatic carbocycles. The highest BCUT2D eigenvalue weighted by molar-refractivity contribution is 5.60. The minimum atomic E-state index is -0.974. The van der Waals surface area contributed by atoms with Crippen molar-refractivity contribution in [3.05, 3.63) is 54.1 Å². The van der Waals surface area contributed by atoms with Crippen LogP contribution in [0.25, 0.3) is 22.8 Å². The first kappa shape index (κ1) is 12.3. The van der Waals surface area contributed by atoms with E-state index >= 15 is 0 Å². The molecule has 4 nitrogen and oxygen atoms in total. The van der Waals surface area contributed by atoms with E-state index in [1.165, 1.54) is 18.2 Å². The number of aromatic hydroxyl groups is 1. The molecule has 0 amide bonds. The van der Waals surface area contributed by atoms with E-state index in [2.05, 4.69) is 10.1 Å². The second-order valence-corrected chi connectivity index (χ2v) is 4.10. The highest BCUT2D eigenvalue weighted by Gasteiger charge is 2.12. The van der Waals surface area contributed by atoms with Gasteiger partial charge in [0, 0.05) is 11.1 Å². The lowest BCUT2D eigenvalue weighted by atomic mass is 10.2. The van der Waals surface area contributed by atoms with Crippen molar-refractivity contribution in [2.24, 2.45) is 0 Å². The Morgan fingerprint density at radius 2 is 1.60 bits per heavy atom. The molecule has 0 fully saturated rings. The molecular formula is C14H8F2N2O2. The van der Waals surface area contributed by atoms with Gasteiger partial charge in [0.15, 0.2) is 11.6 Å². The molecule has 1 aromatic heterocycles. The van der Waals surface area contributed by atoms with Gasteiger partial charge < -0.3 is 9.63 Å². The minimum absolute atomic E-state index is 0.120. The summed E-state index contributed by atoms with van der Waals surface area (Å²) in [7, 11) is 0. The Morgan fingerprint density at radius 3 is 2.30 bits per heavy atom. The van der Waals surface area contributed by atoms with Crippen LogP contribution in [0, 0.1) is 11.6 Å². The number of aromatic nitrogens is 2. The molecule has 0 radical (unpaired) electrons. The Balaban J connectivity index is 1.97. The van der Waals surface area contributed by atoms with Gasteiger partial charge in [0.2, 0.25) is 5.82 Å². The van der Waals surface area contributed by atoms with Gasteiger partial charge in [-0.05, 0) is 42.5 Å². The summed E-state index contributed by atoms with van der Waals surface area (Å²) in [6.07, 6.45) is 0. The number of nitrogens with zero attached hydrogens (tertiary/aromatic N) is 2. The maximum atomic E-state index is 13.2. The van der Waals surface area contributed by atoms with Crippen LogP contribution in [0.3, 0.4) is 0 Å². The molecule has 3 aromatic rings. The van der Waals surface area contributed by atoms with Gasteiger partial charge in [-0.3, -0.25) is 0 Å². The molecule has 0 spiro atoms. The van der Waals surface area contributed by atoms with Crippen LogP contribution in [0.4, 0.5) is 8.78 Å². The van der Waals surface area contributed by atoms with Crippen molar-refractivity contribution in [1.29, 1.82) is 0 Å². The third kappa shape index (κ3) is 2.23. The van der Waals surface area contributed by atoms with E-state index in [9.17, 15) is 13.9 Å². The van der Waals surface area contributed by atoms with Crippen LogP contribution in [-0.2, 0) is 0 Å². The summed E-state index contributed by atoms with van der Waals surface area (Å²) < 4.78 is 31.1. The molecule has 6 heteroatoms. The molecule has 0 aliphatic rings. The topological polar surface area (TPSA) is 59.2 Å². The molecule has 100 valence electrons. The van der Waals surface area contributed by atoms with Crippen LogP contribution in [0.1, 0.15) is 0 Å². The summed E-state index contributed by atoms with van der Waals surface area (Å²) in [6, 6.07) is 9.55. The summed E-state index contributed by atoms with van der Waals surface area (Å²) in [5.74, 6) is -1.40. The maximum Gasteiger partial charge on any atom is 0.258 e. The second-order valence-electron chi connectivity index (χ2n) is 4.10. The van der Waals surface area contributed by atoms with Gasteiger partial charge >= 0.3 is 0 Å². The largest absolute Gasteiger partial charge is 0.508 e. The Labute approximate surface area is 112 Å². The Hall–Kier alpha value is -2.76. The van der Waals surface area contributed by atoms with Crippen LogP contribution in [0.2, 0.25) is 0 Å². The van der Waals surface area contributed by atoms with Crippen LogP contribution < -0.4 is 0 Å². The average Bonchev–Trinajstić information content (AvgIpc) is 2.92. The Kier molecular flexibility index (Phi) is 2.90. The normalized spacial score (nSPS) is 10.7. The standard InChI is InChI=1S/C14H8F2N2O2/c15-11-6-3-9(7-12(11)16)13-17-14(20-18-13)8-1-4-10(19)5-2-8/h1-7,19H. The van der Waals surface area contributed by atoms with Crippen molar-refractivity contribution in [2.75, 3.05) is 0 Å². The average molecular weight is 274 g/mol. The van der Waals surface area contributed by atoms with Crippen LogP contribution in [0.15, 0.2) is 47.0 Å². The lowest BCUT2D eigenvalue weighted by Gasteiger charge is -1.96. The molecule has 1 heterocycles. The summed E-state index contributed by atoms with van der Waals surface area (Å²) in [6.45, 7) is 0. The quantitative estimate of drug-likeness (QED) is 0.778. The molecule has 1 N–H and O–H groups in total. The molecule has 20 heavy (non-hydrogen) atoms. The first-order valence-corrected chi connectivity index (χ1v) is 5.72. The zero-order valence-electron chi connectivity index (χ0n) is 10.0. The fourth-order valence-corrected chi connectivity index (χ4v) is 1.70. The highest BCUT2D eigenvalue weighted by atomic mass is 19.2. The van der Waals surface area contributed by atoms with Crippen molar-refractivity contribution < 1.29 is 18.4 Å². The summed E-state index contributed by atoms with van der Waals surface area (Å²) in [5, 5.41) is 12.9. The van der Waals surface area contributed by atoms with Crippen LogP contribution in [-0.4, -0.2) is 15.2 Å². The smallest absolute Gasteiger partial charge is 0.258 e. The van der Waals surface area contributed by atoms with Gasteiger partial charge in [-0.25, -0.2) is 8.78 Å². The highest BCUT2D eigenvalue weighted by Crippen LogP contribution is 2.24. The van der Waals surface area contributed by atoms with Gasteiger partial charge in [-0.2, -0.15) is 4.98 Å². The van der Waals surface area contributed by atoms with Crippen molar-refractivity contribution in [3.63, 3.8) is 0 Å². The molecule has 0 unspecified atom stereocenters. The number of benzene rings is 2. The number of hydrogen-bond acceptors (Lipinski definition) is 4. The predicted octanol–water partition coefficient (Wildman–Crippen LogP) is 3.39. The fourth-order valence-electron chi connectivity index (χ4n) is 1.70. The zero-order valence-corrected chi connectivity index (χ0v) is 10.0. The van der Waals surface area contributed by atoms with Gasteiger partial charge in [0.05, 0.1) is 0 Å². The Morgan fingerprint density at radius 1 is 0.900 bits per heavy atom. The molecule has 0 bridgehead atoms. The number of phenolic OH excluding ortho intramolecular Hbond substituents is 1. The molecule has 3 rings (SSSR count). The maximum absolute atomic E-state index is 13.2. The van der Waals surface area contributed by atoms with Crippen molar-refractivity contribution in [1.82, 2.24) is 10.1 Å². The monoisotopic (exact) mass is 274 g/mol. The van der Waals surface area contributed by atoms with Crippen LogP contribution in [0.5, 0.6) is 5.75 Å². The first-order valence-electron chi connectivity index (χ1n) is 5.72. The summed E-state index contributed by atoms with van der Waals surface area (Å²) in [5.41, 5.74) is 0.932. The minimum Gasteiger partial charge on any atom is -0.508 e. The SMILES string of the molecule is Oc1ccc(-c2nc(-c3ccc(F)c(F)c3)no2)cc1. The lowest BCUT2D eigenvalue weighted by molar-refractivity contribution is 0.432. The summed E-state index contributed by atoms with van der Waals surface area (Å²) in [4.78, 5) is 4.10. The van der Waals surface area contributed by atoms with E-state index in [0.717, 1.165) is 12.1 Å². The van der Waals surface area contributed by atoms with Gasteiger partial charge in [0.1, 0.15) is 5.75 Å². The van der Waals surface area contributed by atoms with E-state index in [1.807, 2.05) is 0 Å².